The van der Waals surface area contributed by atoms with E-state index in [1.807, 2.05) is 0 Å². The first-order chi connectivity index (χ1) is 25.7. The predicted octanol–water partition coefficient (Wildman–Crippen LogP) is 12.6. The Morgan fingerprint density at radius 2 is 0.621 bits per heavy atom. The Balaban J connectivity index is 2.25. The highest BCUT2D eigenvalue weighted by atomic mass is 32.3. The van der Waals surface area contributed by atoms with Crippen LogP contribution in [0.4, 0.5) is 110 Å². The molecule has 0 N–H and O–H groups in total. The summed E-state index contributed by atoms with van der Waals surface area (Å²) in [5.74, 6) is -97.8. The van der Waals surface area contributed by atoms with Crippen molar-refractivity contribution in [1.82, 2.24) is 0 Å². The summed E-state index contributed by atoms with van der Waals surface area (Å²) in [6.45, 7) is 0. The van der Waals surface area contributed by atoms with E-state index < -0.39 is 108 Å². The van der Waals surface area contributed by atoms with Crippen LogP contribution in [0, 0.1) is 11.6 Å². The van der Waals surface area contributed by atoms with Gasteiger partial charge in [0.1, 0.15) is 11.6 Å². The van der Waals surface area contributed by atoms with Gasteiger partial charge in [-0.3, -0.25) is 0 Å². The first kappa shape index (κ1) is 48.1. The molecule has 0 radical (unpaired) electrons. The van der Waals surface area contributed by atoms with E-state index in [-0.39, 0.29) is 0 Å². The Morgan fingerprint density at radius 1 is 0.362 bits per heavy atom. The number of carbonyl (C=O) groups is 1. The van der Waals surface area contributed by atoms with Gasteiger partial charge in [0.05, 0.1) is 0 Å². The molecule has 0 aromatic heterocycles. The topological polar surface area (TPSA) is 26.3 Å². The van der Waals surface area contributed by atoms with Crippen LogP contribution in [0.5, 0.6) is 0 Å². The number of alkyl halides is 23. The summed E-state index contributed by atoms with van der Waals surface area (Å²) in [7, 11) is -4.71. The Morgan fingerprint density at radius 3 is 0.914 bits per heavy atom. The third kappa shape index (κ3) is 6.53. The van der Waals surface area contributed by atoms with E-state index in [9.17, 15) is 106 Å². The quantitative estimate of drug-likeness (QED) is 0.151. The molecule has 0 fully saturated rings. The molecule has 58 heavy (non-hydrogen) atoms. The van der Waals surface area contributed by atoms with Crippen LogP contribution in [0.1, 0.15) is 0 Å². The largest absolute Gasteiger partial charge is 0.460 e. The maximum absolute atomic E-state index is 15.2. The number of hydrogen-bond donors (Lipinski definition) is 0. The molecule has 0 unspecified atom stereocenters. The van der Waals surface area contributed by atoms with Gasteiger partial charge in [0.25, 0.3) is 0 Å². The van der Waals surface area contributed by atoms with Crippen LogP contribution in [-0.4, -0.2) is 71.4 Å². The lowest BCUT2D eigenvalue weighted by atomic mass is 9.85. The van der Waals surface area contributed by atoms with Crippen molar-refractivity contribution >= 4 is 16.3 Å². The van der Waals surface area contributed by atoms with Gasteiger partial charge in [-0.2, -0.15) is 101 Å². The molecule has 0 spiro atoms. The highest BCUT2D eigenvalue weighted by molar-refractivity contribution is 8.30. The van der Waals surface area contributed by atoms with Gasteiger partial charge in [-0.25, -0.2) is 13.6 Å². The molecule has 0 heterocycles. The number of hydrogen-bond acceptors (Lipinski definition) is 2. The van der Waals surface area contributed by atoms with Gasteiger partial charge >= 0.3 is 71.4 Å². The Labute approximate surface area is 306 Å². The molecule has 28 heteroatoms. The molecule has 0 atom stereocenters. The fourth-order valence-corrected chi connectivity index (χ4v) is 7.48. The van der Waals surface area contributed by atoms with Crippen molar-refractivity contribution in [2.24, 2.45) is 0 Å². The summed E-state index contributed by atoms with van der Waals surface area (Å²) in [6.07, 6.45) is -8.19. The summed E-state index contributed by atoms with van der Waals surface area (Å²) in [5, 5.41) is 0. The summed E-state index contributed by atoms with van der Waals surface area (Å²) >= 11 is 0. The average Bonchev–Trinajstić information content (AvgIpc) is 3.10. The third-order valence-electron chi connectivity index (χ3n) is 7.73. The van der Waals surface area contributed by atoms with Crippen molar-refractivity contribution < 1.29 is 119 Å². The summed E-state index contributed by atoms with van der Waals surface area (Å²) in [4.78, 5) is 10.5. The van der Waals surface area contributed by atoms with Gasteiger partial charge in [0, 0.05) is 14.7 Å². The van der Waals surface area contributed by atoms with Crippen LogP contribution in [0.15, 0.2) is 93.5 Å². The summed E-state index contributed by atoms with van der Waals surface area (Å²) in [6, 6.07) is 8.31. The van der Waals surface area contributed by atoms with Crippen molar-refractivity contribution in [3.05, 3.63) is 90.5 Å². The molecule has 0 saturated heterocycles. The molecule has 0 aliphatic carbocycles. The molecule has 0 amide bonds. The Bertz CT molecular complexity index is 1900. The number of rotatable bonds is 14. The number of halogens is 25. The minimum atomic E-state index is -9.62. The lowest BCUT2D eigenvalue weighted by Gasteiger charge is -2.45. The Hall–Kier alpha value is -4.27. The van der Waals surface area contributed by atoms with Gasteiger partial charge in [0.15, 0.2) is 0 Å². The lowest BCUT2D eigenvalue weighted by molar-refractivity contribution is -0.477. The van der Waals surface area contributed by atoms with Crippen molar-refractivity contribution in [1.29, 1.82) is 0 Å². The summed E-state index contributed by atoms with van der Waals surface area (Å²) < 4.78 is 353. The van der Waals surface area contributed by atoms with Gasteiger partial charge < -0.3 is 4.18 Å². The maximum Gasteiger partial charge on any atom is 0.460 e. The molecular weight excluding hydrogens is 899 g/mol. The molecule has 3 rings (SSSR count). The maximum atomic E-state index is 15.2. The molecule has 3 aromatic carbocycles. The van der Waals surface area contributed by atoms with Crippen LogP contribution in [0.2, 0.25) is 0 Å². The van der Waals surface area contributed by atoms with Crippen LogP contribution >= 0.6 is 10.3 Å². The van der Waals surface area contributed by atoms with Gasteiger partial charge in [-0.05, 0) is 71.0 Å². The predicted molar refractivity (Wildman–Crippen MR) is 143 cm³/mol. The fourth-order valence-electron chi connectivity index (χ4n) is 4.47. The van der Waals surface area contributed by atoms with Crippen LogP contribution in [0.25, 0.3) is 0 Å². The lowest BCUT2D eigenvalue weighted by Crippen LogP contribution is -2.78. The fraction of sp³-hybridized carbons (Fsp3) is 0.367. The molecular formula is C30H13F25O2S. The van der Waals surface area contributed by atoms with Gasteiger partial charge in [-0.15, -0.1) is 0 Å². The van der Waals surface area contributed by atoms with E-state index in [0.717, 1.165) is 30.3 Å². The molecule has 0 bridgehead atoms. The van der Waals surface area contributed by atoms with Crippen LogP contribution < -0.4 is 0 Å². The van der Waals surface area contributed by atoms with E-state index in [1.165, 1.54) is 0 Å². The number of benzene rings is 3. The monoisotopic (exact) mass is 912 g/mol. The third-order valence-corrected chi connectivity index (χ3v) is 10.9. The highest BCUT2D eigenvalue weighted by Crippen LogP contribution is 2.71. The zero-order valence-electron chi connectivity index (χ0n) is 26.7. The van der Waals surface area contributed by atoms with Crippen molar-refractivity contribution in [3.63, 3.8) is 0 Å². The zero-order chi connectivity index (χ0) is 45.4. The Kier molecular flexibility index (Phi) is 11.8. The minimum Gasteiger partial charge on any atom is -0.397 e. The molecule has 2 nitrogen and oxygen atoms in total. The van der Waals surface area contributed by atoms with E-state index in [2.05, 4.69) is 4.18 Å². The van der Waals surface area contributed by atoms with Crippen LogP contribution in [-0.2, 0) is 8.98 Å². The second-order valence-electron chi connectivity index (χ2n) is 11.4. The highest BCUT2D eigenvalue weighted by Gasteiger charge is 2.99. The van der Waals surface area contributed by atoms with E-state index in [0.29, 0.717) is 48.5 Å². The average molecular weight is 912 g/mol. The normalized spacial score (nSPS) is 15.3. The van der Waals surface area contributed by atoms with Crippen molar-refractivity contribution in [2.75, 3.05) is 0 Å². The SMILES string of the molecule is O=C(OS(c1ccccc1)(c1ccc(F)cc1)c1ccc(F)cc1)C(F)(F)C(F)(F)C(F)(F)C(F)(F)C(F)(F)C(F)(F)C(F)(F)C(F)(F)C(F)(F)C(F)(F)C(F)(F)F. The van der Waals surface area contributed by atoms with Gasteiger partial charge in [0.2, 0.25) is 0 Å². The second-order valence-corrected chi connectivity index (χ2v) is 14.1. The molecule has 0 saturated carbocycles. The van der Waals surface area contributed by atoms with E-state index >= 15 is 8.78 Å². The first-order valence-electron chi connectivity index (χ1n) is 14.2. The van der Waals surface area contributed by atoms with E-state index in [1.54, 1.807) is 0 Å². The zero-order valence-corrected chi connectivity index (χ0v) is 27.5. The number of carbonyl (C=O) groups excluding carboxylic acids is 1. The van der Waals surface area contributed by atoms with Crippen molar-refractivity contribution in [2.45, 2.75) is 80.1 Å². The van der Waals surface area contributed by atoms with Crippen molar-refractivity contribution in [3.8, 4) is 0 Å². The molecule has 0 aliphatic rings. The smallest absolute Gasteiger partial charge is 0.397 e. The van der Waals surface area contributed by atoms with Gasteiger partial charge in [-0.1, -0.05) is 18.2 Å². The minimum absolute atomic E-state index is 0.431. The van der Waals surface area contributed by atoms with Crippen LogP contribution in [0.3, 0.4) is 0 Å². The molecule has 326 valence electrons. The second kappa shape index (κ2) is 14.2. The first-order valence-corrected chi connectivity index (χ1v) is 15.8. The standard InChI is InChI=1S/C30H13F25O2S/c31-14-6-10-17(11-7-14)58(16-4-2-1-3-5-16,18-12-8-15(32)9-13-18)57-19(56)20(33,34)21(35,36)22(37,38)23(39,40)24(41,42)25(43,44)26(45,46)27(47,48)28(49,50)29(51,52)30(53,54)55/h1-13H. The van der Waals surface area contributed by atoms with E-state index in [4.69, 9.17) is 0 Å². The molecule has 0 aliphatic heterocycles. The molecule has 3 aromatic rings. The summed E-state index contributed by atoms with van der Waals surface area (Å²) in [5.41, 5.74) is 0.